The summed E-state index contributed by atoms with van der Waals surface area (Å²) in [7, 11) is 1.20. The Kier molecular flexibility index (Phi) is 9.54. The minimum Gasteiger partial charge on any atom is -0.453 e. The van der Waals surface area contributed by atoms with Gasteiger partial charge in [-0.15, -0.1) is 0 Å². The molecule has 1 aliphatic heterocycles. The van der Waals surface area contributed by atoms with Gasteiger partial charge in [0.15, 0.2) is 11.6 Å². The smallest absolute Gasteiger partial charge is 0.410 e. The number of ether oxygens (including phenoxy) is 3. The van der Waals surface area contributed by atoms with E-state index in [0.29, 0.717) is 12.8 Å². The van der Waals surface area contributed by atoms with Gasteiger partial charge in [-0.1, -0.05) is 30.3 Å². The first-order valence-electron chi connectivity index (χ1n) is 12.4. The number of piperidine rings is 1. The third kappa shape index (κ3) is 6.68. The number of benzene rings is 2. The molecule has 1 aromatic heterocycles. The van der Waals surface area contributed by atoms with E-state index >= 15 is 8.78 Å². The average molecular weight is 562 g/mol. The Morgan fingerprint density at radius 1 is 1.05 bits per heavy atom. The van der Waals surface area contributed by atoms with E-state index in [9.17, 15) is 18.4 Å². The van der Waals surface area contributed by atoms with Crippen molar-refractivity contribution in [3.8, 4) is 5.75 Å². The van der Waals surface area contributed by atoms with Crippen molar-refractivity contribution in [3.63, 3.8) is 0 Å². The average Bonchev–Trinajstić information content (AvgIpc) is 2.97. The highest BCUT2D eigenvalue weighted by Crippen LogP contribution is 2.35. The molecule has 1 saturated heterocycles. The first kappa shape index (κ1) is 28.8. The summed E-state index contributed by atoms with van der Waals surface area (Å²) in [6.07, 6.45) is 2.79. The third-order valence-electron chi connectivity index (χ3n) is 6.60. The van der Waals surface area contributed by atoms with Gasteiger partial charge >= 0.3 is 18.7 Å². The number of esters is 1. The maximum atomic E-state index is 15.5. The number of alkyl halides is 2. The van der Waals surface area contributed by atoms with E-state index < -0.39 is 54.7 Å². The molecule has 2 unspecified atom stereocenters. The number of halogens is 4. The number of nitrogens with zero attached hydrogens (tertiary/aromatic N) is 3. The Bertz CT molecular complexity index is 1300. The van der Waals surface area contributed by atoms with E-state index in [-0.39, 0.29) is 24.3 Å². The standard InChI is InChI=1S/C28H27F4N3O5/c1-38-28(37)35(16-18-6-3-2-4-7-18)20-8-5-15-34(22(20)17-39-27(31)32)21-9-10-23(25(30)24(21)29)40-26(36)19-11-13-33-14-12-19/h2-4,6-7,9-14,20,22,27H,5,8,15-17H2,1H3. The number of carbonyl (C=O) groups excluding carboxylic acids is 2. The van der Waals surface area contributed by atoms with Crippen molar-refractivity contribution >= 4 is 17.7 Å². The minimum atomic E-state index is -3.12. The van der Waals surface area contributed by atoms with E-state index in [1.165, 1.54) is 47.5 Å². The van der Waals surface area contributed by atoms with Crippen molar-refractivity contribution < 1.29 is 41.4 Å². The predicted octanol–water partition coefficient (Wildman–Crippen LogP) is 5.42. The molecule has 2 atom stereocenters. The molecule has 1 fully saturated rings. The molecule has 12 heteroatoms. The maximum absolute atomic E-state index is 15.5. The summed E-state index contributed by atoms with van der Waals surface area (Å²) in [5.41, 5.74) is 0.595. The fourth-order valence-electron chi connectivity index (χ4n) is 4.76. The van der Waals surface area contributed by atoms with Gasteiger partial charge in [-0.05, 0) is 42.7 Å². The van der Waals surface area contributed by atoms with Crippen LogP contribution in [0.4, 0.5) is 28.0 Å². The molecule has 0 bridgehead atoms. The van der Waals surface area contributed by atoms with Crippen LogP contribution in [0.5, 0.6) is 5.75 Å². The van der Waals surface area contributed by atoms with Crippen LogP contribution in [0.25, 0.3) is 0 Å². The number of rotatable bonds is 9. The Balaban J connectivity index is 1.65. The van der Waals surface area contributed by atoms with Crippen LogP contribution in [0.1, 0.15) is 28.8 Å². The van der Waals surface area contributed by atoms with E-state index in [1.807, 2.05) is 6.07 Å². The SMILES string of the molecule is COC(=O)N(Cc1ccccc1)C1CCCN(c2ccc(OC(=O)c3ccncc3)c(F)c2F)C1COC(F)F. The highest BCUT2D eigenvalue weighted by molar-refractivity contribution is 5.90. The minimum absolute atomic E-state index is 0.0864. The lowest BCUT2D eigenvalue weighted by atomic mass is 9.93. The number of hydrogen-bond donors (Lipinski definition) is 0. The van der Waals surface area contributed by atoms with Crippen LogP contribution in [0, 0.1) is 11.6 Å². The van der Waals surface area contributed by atoms with Gasteiger partial charge < -0.3 is 19.1 Å². The summed E-state index contributed by atoms with van der Waals surface area (Å²) >= 11 is 0. The van der Waals surface area contributed by atoms with Crippen LogP contribution in [0.15, 0.2) is 67.0 Å². The van der Waals surface area contributed by atoms with Crippen LogP contribution in [-0.2, 0) is 16.0 Å². The van der Waals surface area contributed by atoms with Gasteiger partial charge in [-0.3, -0.25) is 9.88 Å². The highest BCUT2D eigenvalue weighted by atomic mass is 19.3. The Morgan fingerprint density at radius 2 is 1.77 bits per heavy atom. The lowest BCUT2D eigenvalue weighted by Crippen LogP contribution is -2.59. The molecule has 1 amide bonds. The van der Waals surface area contributed by atoms with Crippen molar-refractivity contribution in [1.29, 1.82) is 0 Å². The summed E-state index contributed by atoms with van der Waals surface area (Å²) < 4.78 is 71.5. The molecule has 0 N–H and O–H groups in total. The van der Waals surface area contributed by atoms with Crippen molar-refractivity contribution in [1.82, 2.24) is 9.88 Å². The summed E-state index contributed by atoms with van der Waals surface area (Å²) in [5.74, 6) is -4.32. The first-order chi connectivity index (χ1) is 19.3. The second-order valence-electron chi connectivity index (χ2n) is 8.98. The summed E-state index contributed by atoms with van der Waals surface area (Å²) in [5, 5.41) is 0. The predicted molar refractivity (Wildman–Crippen MR) is 136 cm³/mol. The van der Waals surface area contributed by atoms with Gasteiger partial charge in [0.1, 0.15) is 0 Å². The number of aromatic nitrogens is 1. The second kappa shape index (κ2) is 13.2. The van der Waals surface area contributed by atoms with E-state index in [2.05, 4.69) is 9.72 Å². The quantitative estimate of drug-likeness (QED) is 0.196. The largest absolute Gasteiger partial charge is 0.453 e. The third-order valence-corrected chi connectivity index (χ3v) is 6.60. The summed E-state index contributed by atoms with van der Waals surface area (Å²) in [6.45, 7) is -3.44. The van der Waals surface area contributed by atoms with E-state index in [4.69, 9.17) is 9.47 Å². The number of carbonyl (C=O) groups is 2. The van der Waals surface area contributed by atoms with Gasteiger partial charge in [0.05, 0.1) is 37.1 Å². The van der Waals surface area contributed by atoms with Gasteiger partial charge in [0, 0.05) is 25.5 Å². The van der Waals surface area contributed by atoms with Gasteiger partial charge in [0.25, 0.3) is 0 Å². The second-order valence-corrected chi connectivity index (χ2v) is 8.98. The van der Waals surface area contributed by atoms with Crippen LogP contribution in [0.3, 0.4) is 0 Å². The van der Waals surface area contributed by atoms with Gasteiger partial charge in [-0.2, -0.15) is 13.2 Å². The van der Waals surface area contributed by atoms with Gasteiger partial charge in [-0.25, -0.2) is 14.0 Å². The number of amides is 1. The molecular formula is C28H27F4N3O5. The molecular weight excluding hydrogens is 534 g/mol. The topological polar surface area (TPSA) is 81.2 Å². The molecule has 40 heavy (non-hydrogen) atoms. The maximum Gasteiger partial charge on any atom is 0.410 e. The fraction of sp³-hybridized carbons (Fsp3) is 0.321. The highest BCUT2D eigenvalue weighted by Gasteiger charge is 2.40. The molecule has 2 heterocycles. The Labute approximate surface area is 228 Å². The summed E-state index contributed by atoms with van der Waals surface area (Å²) in [4.78, 5) is 31.7. The molecule has 4 rings (SSSR count). The molecule has 0 spiro atoms. The monoisotopic (exact) mass is 561 g/mol. The van der Waals surface area contributed by atoms with Crippen molar-refractivity contribution in [2.24, 2.45) is 0 Å². The normalized spacial score (nSPS) is 17.0. The summed E-state index contributed by atoms with van der Waals surface area (Å²) in [6, 6.07) is 12.2. The van der Waals surface area contributed by atoms with Gasteiger partial charge in [0.2, 0.25) is 5.82 Å². The Hall–Kier alpha value is -4.19. The molecule has 2 aromatic carbocycles. The van der Waals surface area contributed by atoms with Crippen LogP contribution >= 0.6 is 0 Å². The Morgan fingerprint density at radius 3 is 2.45 bits per heavy atom. The molecule has 0 saturated carbocycles. The van der Waals surface area contributed by atoms with Crippen LogP contribution in [0.2, 0.25) is 0 Å². The molecule has 8 nitrogen and oxygen atoms in total. The molecule has 212 valence electrons. The van der Waals surface area contributed by atoms with E-state index in [0.717, 1.165) is 11.6 Å². The number of pyridine rings is 1. The molecule has 0 aliphatic carbocycles. The fourth-order valence-corrected chi connectivity index (χ4v) is 4.76. The van der Waals surface area contributed by atoms with Crippen LogP contribution in [-0.4, -0.2) is 60.9 Å². The molecule has 1 aliphatic rings. The first-order valence-corrected chi connectivity index (χ1v) is 12.4. The van der Waals surface area contributed by atoms with E-state index in [1.54, 1.807) is 24.3 Å². The number of methoxy groups -OCH3 is 1. The molecule has 3 aromatic rings. The lowest BCUT2D eigenvalue weighted by molar-refractivity contribution is -0.136. The number of hydrogen-bond acceptors (Lipinski definition) is 7. The zero-order chi connectivity index (χ0) is 28.6. The zero-order valence-corrected chi connectivity index (χ0v) is 21.5. The van der Waals surface area contributed by atoms with Crippen molar-refractivity contribution in [2.45, 2.75) is 38.1 Å². The number of anilines is 1. The van der Waals surface area contributed by atoms with Crippen molar-refractivity contribution in [2.75, 3.05) is 25.2 Å². The lowest BCUT2D eigenvalue weighted by Gasteiger charge is -2.46. The van der Waals surface area contributed by atoms with Crippen LogP contribution < -0.4 is 9.64 Å². The van der Waals surface area contributed by atoms with Crippen molar-refractivity contribution in [3.05, 3.63) is 89.8 Å². The molecule has 0 radical (unpaired) electrons. The zero-order valence-electron chi connectivity index (χ0n) is 21.5.